The fourth-order valence-corrected chi connectivity index (χ4v) is 5.88. The minimum absolute atomic E-state index is 0.376. The largest absolute Gasteiger partial charge is 0.478 e. The molecule has 1 aromatic heterocycles. The molecule has 2 aromatic carbocycles. The second kappa shape index (κ2) is 9.22. The first-order chi connectivity index (χ1) is 16.0. The first-order valence-corrected chi connectivity index (χ1v) is 12.4. The Morgan fingerprint density at radius 1 is 1.03 bits per heavy atom. The van der Waals surface area contributed by atoms with Gasteiger partial charge < -0.3 is 19.5 Å². The molecular formula is C28H35N3O2. The Morgan fingerprint density at radius 2 is 1.82 bits per heavy atom. The van der Waals surface area contributed by atoms with E-state index < -0.39 is 5.97 Å². The van der Waals surface area contributed by atoms with Gasteiger partial charge >= 0.3 is 5.97 Å². The van der Waals surface area contributed by atoms with Gasteiger partial charge in [0, 0.05) is 48.3 Å². The van der Waals surface area contributed by atoms with Gasteiger partial charge in [-0.25, -0.2) is 4.79 Å². The van der Waals surface area contributed by atoms with Crippen LogP contribution in [0.5, 0.6) is 0 Å². The third-order valence-corrected chi connectivity index (χ3v) is 7.49. The highest BCUT2D eigenvalue weighted by Crippen LogP contribution is 2.47. The van der Waals surface area contributed by atoms with Crippen molar-refractivity contribution in [1.29, 1.82) is 0 Å². The van der Waals surface area contributed by atoms with Gasteiger partial charge in [0.1, 0.15) is 0 Å². The summed E-state index contributed by atoms with van der Waals surface area (Å²) < 4.78 is 2.44. The molecule has 0 amide bonds. The average molecular weight is 446 g/mol. The lowest BCUT2D eigenvalue weighted by Crippen LogP contribution is -2.34. The van der Waals surface area contributed by atoms with E-state index in [0.29, 0.717) is 11.5 Å². The Labute approximate surface area is 196 Å². The monoisotopic (exact) mass is 445 g/mol. The van der Waals surface area contributed by atoms with Crippen LogP contribution in [0, 0.1) is 0 Å². The zero-order chi connectivity index (χ0) is 22.9. The second-order valence-corrected chi connectivity index (χ2v) is 9.95. The number of hydrogen-bond acceptors (Lipinski definition) is 3. The Hall–Kier alpha value is -2.79. The van der Waals surface area contributed by atoms with Crippen molar-refractivity contribution < 1.29 is 9.90 Å². The summed E-state index contributed by atoms with van der Waals surface area (Å²) in [7, 11) is 4.27. The molecule has 1 N–H and O–H groups in total. The minimum Gasteiger partial charge on any atom is -0.478 e. The maximum atomic E-state index is 11.8. The Balaban J connectivity index is 1.75. The normalized spacial score (nSPS) is 17.0. The number of benzene rings is 2. The SMILES string of the molecule is CN(C)CCN1CCCn2c(c(C3CCCCC3)c3ccc(C(=O)O)cc32)-c2ccccc21. The van der Waals surface area contributed by atoms with E-state index >= 15 is 0 Å². The van der Waals surface area contributed by atoms with Gasteiger partial charge in [-0.3, -0.25) is 0 Å². The van der Waals surface area contributed by atoms with Crippen molar-refractivity contribution in [1.82, 2.24) is 9.47 Å². The number of nitrogens with zero attached hydrogens (tertiary/aromatic N) is 3. The summed E-state index contributed by atoms with van der Waals surface area (Å²) >= 11 is 0. The van der Waals surface area contributed by atoms with E-state index in [1.165, 1.54) is 60.0 Å². The smallest absolute Gasteiger partial charge is 0.335 e. The van der Waals surface area contributed by atoms with Gasteiger partial charge in [-0.15, -0.1) is 0 Å². The number of hydrogen-bond donors (Lipinski definition) is 1. The van der Waals surface area contributed by atoms with Gasteiger partial charge in [0.25, 0.3) is 0 Å². The van der Waals surface area contributed by atoms with Crippen LogP contribution in [0.25, 0.3) is 22.2 Å². The molecule has 0 bridgehead atoms. The number of para-hydroxylation sites is 1. The highest BCUT2D eigenvalue weighted by Gasteiger charge is 2.29. The molecule has 5 rings (SSSR count). The number of carboxylic acid groups (broad SMARTS) is 1. The molecule has 2 heterocycles. The molecule has 2 aliphatic rings. The number of carbonyl (C=O) groups is 1. The maximum Gasteiger partial charge on any atom is 0.335 e. The summed E-state index contributed by atoms with van der Waals surface area (Å²) in [5.41, 5.74) is 6.83. The van der Waals surface area contributed by atoms with Crippen molar-refractivity contribution in [3.05, 3.63) is 53.6 Å². The summed E-state index contributed by atoms with van der Waals surface area (Å²) in [6, 6.07) is 14.6. The number of carboxylic acids is 1. The molecule has 5 nitrogen and oxygen atoms in total. The van der Waals surface area contributed by atoms with E-state index in [-0.39, 0.29) is 0 Å². The molecule has 1 saturated carbocycles. The first kappa shape index (κ1) is 22.0. The third-order valence-electron chi connectivity index (χ3n) is 7.49. The van der Waals surface area contributed by atoms with E-state index in [1.807, 2.05) is 6.07 Å². The fourth-order valence-electron chi connectivity index (χ4n) is 5.88. The standard InChI is InChI=1S/C28H35N3O2/c1-29(2)17-18-30-15-8-16-31-25-19-21(28(32)33)13-14-22(25)26(20-9-4-3-5-10-20)27(31)23-11-6-7-12-24(23)30/h6-7,11-14,19-20H,3-5,8-10,15-18H2,1-2H3,(H,32,33). The van der Waals surface area contributed by atoms with E-state index in [0.717, 1.165) is 38.1 Å². The maximum absolute atomic E-state index is 11.8. The summed E-state index contributed by atoms with van der Waals surface area (Å²) in [5, 5.41) is 10.9. The van der Waals surface area contributed by atoms with Crippen LogP contribution in [-0.4, -0.2) is 54.3 Å². The molecule has 1 aliphatic heterocycles. The Kier molecular flexibility index (Phi) is 6.15. The van der Waals surface area contributed by atoms with Crippen LogP contribution in [0.1, 0.15) is 60.4 Å². The topological polar surface area (TPSA) is 48.7 Å². The van der Waals surface area contributed by atoms with Crippen LogP contribution in [0.2, 0.25) is 0 Å². The van der Waals surface area contributed by atoms with Crippen molar-refractivity contribution in [2.75, 3.05) is 38.6 Å². The molecule has 1 fully saturated rings. The molecule has 0 saturated heterocycles. The number of anilines is 1. The van der Waals surface area contributed by atoms with Gasteiger partial charge in [-0.2, -0.15) is 0 Å². The number of fused-ring (bicyclic) bond motifs is 5. The number of aryl methyl sites for hydroxylation is 1. The highest BCUT2D eigenvalue weighted by molar-refractivity contribution is 5.99. The molecular weight excluding hydrogens is 410 g/mol. The van der Waals surface area contributed by atoms with Crippen LogP contribution >= 0.6 is 0 Å². The summed E-state index contributed by atoms with van der Waals surface area (Å²) in [6.07, 6.45) is 7.36. The lowest BCUT2D eigenvalue weighted by Gasteiger charge is -2.32. The molecule has 33 heavy (non-hydrogen) atoms. The fraction of sp³-hybridized carbons (Fsp3) is 0.464. The molecule has 0 spiro atoms. The summed E-state index contributed by atoms with van der Waals surface area (Å²) in [5.74, 6) is -0.316. The average Bonchev–Trinajstić information content (AvgIpc) is 3.13. The van der Waals surface area contributed by atoms with Crippen molar-refractivity contribution >= 4 is 22.6 Å². The van der Waals surface area contributed by atoms with E-state index in [9.17, 15) is 9.90 Å². The molecule has 174 valence electrons. The molecule has 0 radical (unpaired) electrons. The third kappa shape index (κ3) is 4.15. The Bertz CT molecular complexity index is 1160. The van der Waals surface area contributed by atoms with Crippen molar-refractivity contribution in [3.8, 4) is 11.3 Å². The number of aromatic carboxylic acids is 1. The van der Waals surface area contributed by atoms with Crippen LogP contribution < -0.4 is 4.90 Å². The van der Waals surface area contributed by atoms with Crippen LogP contribution in [0.3, 0.4) is 0 Å². The van der Waals surface area contributed by atoms with Gasteiger partial charge in [-0.05, 0) is 63.0 Å². The molecule has 5 heteroatoms. The van der Waals surface area contributed by atoms with Gasteiger partial charge in [0.2, 0.25) is 0 Å². The lowest BCUT2D eigenvalue weighted by atomic mass is 9.81. The highest BCUT2D eigenvalue weighted by atomic mass is 16.4. The molecule has 1 aliphatic carbocycles. The van der Waals surface area contributed by atoms with Gasteiger partial charge in [-0.1, -0.05) is 43.5 Å². The van der Waals surface area contributed by atoms with Gasteiger partial charge in [0.05, 0.1) is 11.3 Å². The van der Waals surface area contributed by atoms with Crippen molar-refractivity contribution in [3.63, 3.8) is 0 Å². The second-order valence-electron chi connectivity index (χ2n) is 9.95. The first-order valence-electron chi connectivity index (χ1n) is 12.4. The number of aromatic nitrogens is 1. The Morgan fingerprint density at radius 3 is 2.58 bits per heavy atom. The minimum atomic E-state index is -0.854. The predicted octanol–water partition coefficient (Wildman–Crippen LogP) is 5.83. The van der Waals surface area contributed by atoms with E-state index in [4.69, 9.17) is 0 Å². The van der Waals surface area contributed by atoms with E-state index in [2.05, 4.69) is 58.8 Å². The van der Waals surface area contributed by atoms with Crippen LogP contribution in [0.4, 0.5) is 5.69 Å². The predicted molar refractivity (Wildman–Crippen MR) is 136 cm³/mol. The van der Waals surface area contributed by atoms with Crippen molar-refractivity contribution in [2.24, 2.45) is 0 Å². The van der Waals surface area contributed by atoms with Gasteiger partial charge in [0.15, 0.2) is 0 Å². The van der Waals surface area contributed by atoms with Crippen LogP contribution in [-0.2, 0) is 6.54 Å². The lowest BCUT2D eigenvalue weighted by molar-refractivity contribution is 0.0697. The molecule has 3 aromatic rings. The quantitative estimate of drug-likeness (QED) is 0.537. The summed E-state index contributed by atoms with van der Waals surface area (Å²) in [6.45, 7) is 3.94. The van der Waals surface area contributed by atoms with E-state index in [1.54, 1.807) is 6.07 Å². The zero-order valence-electron chi connectivity index (χ0n) is 19.9. The molecule has 0 unspecified atom stereocenters. The number of rotatable bonds is 5. The molecule has 0 atom stereocenters. The van der Waals surface area contributed by atoms with Crippen molar-refractivity contribution in [2.45, 2.75) is 51.0 Å². The number of likely N-dealkylation sites (N-methyl/N-ethyl adjacent to an activating group) is 1. The van der Waals surface area contributed by atoms with Crippen LogP contribution in [0.15, 0.2) is 42.5 Å². The summed E-state index contributed by atoms with van der Waals surface area (Å²) in [4.78, 5) is 16.6. The zero-order valence-corrected chi connectivity index (χ0v) is 19.9.